The zero-order chi connectivity index (χ0) is 17.9. The molecule has 2 aromatic heterocycles. The van der Waals surface area contributed by atoms with Gasteiger partial charge >= 0.3 is 0 Å². The highest BCUT2D eigenvalue weighted by molar-refractivity contribution is 8.16. The number of thiophene rings is 1. The number of rotatable bonds is 2. The SMILES string of the molecule is C[N+](C)=C1C=CC=C/C1=C1\C=C(c2cccnc2)SC(c2cccs2)=C1. The average molecular weight is 376 g/mol. The van der Waals surface area contributed by atoms with E-state index in [1.165, 1.54) is 31.5 Å². The number of thioether (sulfide) groups is 1. The van der Waals surface area contributed by atoms with Gasteiger partial charge in [-0.3, -0.25) is 4.98 Å². The maximum atomic E-state index is 4.30. The number of pyridine rings is 1. The number of nitrogens with zero attached hydrogens (tertiary/aromatic N) is 2. The average Bonchev–Trinajstić information content (AvgIpc) is 3.23. The summed E-state index contributed by atoms with van der Waals surface area (Å²) in [4.78, 5) is 8.11. The fraction of sp³-hybridized carbons (Fsp3) is 0.0909. The highest BCUT2D eigenvalue weighted by atomic mass is 32.2. The Hall–Kier alpha value is -2.43. The van der Waals surface area contributed by atoms with Gasteiger partial charge in [0.1, 0.15) is 14.1 Å². The van der Waals surface area contributed by atoms with Crippen molar-refractivity contribution in [2.24, 2.45) is 0 Å². The summed E-state index contributed by atoms with van der Waals surface area (Å²) in [5, 5.41) is 2.13. The van der Waals surface area contributed by atoms with Crippen molar-refractivity contribution in [3.8, 4) is 0 Å². The molecule has 0 aromatic carbocycles. The molecule has 0 radical (unpaired) electrons. The molecule has 4 rings (SSSR count). The van der Waals surface area contributed by atoms with Gasteiger partial charge in [-0.15, -0.1) is 11.3 Å². The van der Waals surface area contributed by atoms with E-state index in [0.717, 1.165) is 5.56 Å². The Kier molecular flexibility index (Phi) is 4.87. The molecule has 0 saturated heterocycles. The lowest BCUT2D eigenvalue weighted by Crippen LogP contribution is -2.15. The van der Waals surface area contributed by atoms with Crippen LogP contribution in [-0.2, 0) is 0 Å². The molecule has 0 amide bonds. The van der Waals surface area contributed by atoms with Gasteiger partial charge < -0.3 is 0 Å². The van der Waals surface area contributed by atoms with Crippen LogP contribution in [0.25, 0.3) is 9.81 Å². The van der Waals surface area contributed by atoms with Gasteiger partial charge in [-0.1, -0.05) is 36.0 Å². The second-order valence-corrected chi connectivity index (χ2v) is 8.24. The molecule has 4 heteroatoms. The zero-order valence-electron chi connectivity index (χ0n) is 14.7. The minimum Gasteiger partial charge on any atom is -0.264 e. The Balaban J connectivity index is 1.90. The quantitative estimate of drug-likeness (QED) is 0.653. The van der Waals surface area contributed by atoms with E-state index in [-0.39, 0.29) is 0 Å². The first kappa shape index (κ1) is 17.0. The summed E-state index contributed by atoms with van der Waals surface area (Å²) >= 11 is 3.59. The maximum absolute atomic E-state index is 4.30. The molecule has 0 saturated carbocycles. The molecule has 0 unspecified atom stereocenters. The fourth-order valence-corrected chi connectivity index (χ4v) is 4.88. The second kappa shape index (κ2) is 7.44. The predicted molar refractivity (Wildman–Crippen MR) is 115 cm³/mol. The second-order valence-electron chi connectivity index (χ2n) is 6.21. The first-order valence-electron chi connectivity index (χ1n) is 8.41. The van der Waals surface area contributed by atoms with Crippen LogP contribution in [0.1, 0.15) is 10.4 Å². The molecule has 0 atom stereocenters. The largest absolute Gasteiger partial charge is 0.264 e. The van der Waals surface area contributed by atoms with E-state index in [1.807, 2.05) is 30.2 Å². The van der Waals surface area contributed by atoms with Crippen LogP contribution in [0, 0.1) is 0 Å². The van der Waals surface area contributed by atoms with Crippen LogP contribution in [-0.4, -0.2) is 29.4 Å². The first-order valence-corrected chi connectivity index (χ1v) is 10.1. The van der Waals surface area contributed by atoms with Gasteiger partial charge in [0.05, 0.1) is 5.57 Å². The molecular weight excluding hydrogens is 356 g/mol. The highest BCUT2D eigenvalue weighted by Gasteiger charge is 2.21. The van der Waals surface area contributed by atoms with Crippen molar-refractivity contribution >= 4 is 38.6 Å². The van der Waals surface area contributed by atoms with E-state index in [9.17, 15) is 0 Å². The normalized spacial score (nSPS) is 19.4. The molecule has 1 aliphatic carbocycles. The van der Waals surface area contributed by atoms with E-state index < -0.39 is 0 Å². The number of hydrogen-bond donors (Lipinski definition) is 0. The van der Waals surface area contributed by atoms with Crippen molar-refractivity contribution in [2.45, 2.75) is 0 Å². The number of allylic oxidation sites excluding steroid dienone is 8. The molecule has 128 valence electrons. The fourth-order valence-electron chi connectivity index (χ4n) is 2.96. The van der Waals surface area contributed by atoms with Crippen LogP contribution >= 0.6 is 23.1 Å². The molecular formula is C22H19N2S2+. The van der Waals surface area contributed by atoms with E-state index >= 15 is 0 Å². The van der Waals surface area contributed by atoms with Crippen molar-refractivity contribution in [1.82, 2.24) is 4.98 Å². The van der Waals surface area contributed by atoms with E-state index in [0.29, 0.717) is 0 Å². The maximum Gasteiger partial charge on any atom is 0.207 e. The van der Waals surface area contributed by atoms with Gasteiger partial charge in [0, 0.05) is 38.7 Å². The zero-order valence-corrected chi connectivity index (χ0v) is 16.3. The van der Waals surface area contributed by atoms with Gasteiger partial charge in [-0.25, -0.2) is 4.58 Å². The summed E-state index contributed by atoms with van der Waals surface area (Å²) in [7, 11) is 4.18. The Morgan fingerprint density at radius 3 is 2.54 bits per heavy atom. The van der Waals surface area contributed by atoms with Crippen LogP contribution in [0.2, 0.25) is 0 Å². The summed E-state index contributed by atoms with van der Waals surface area (Å²) in [5.74, 6) is 0. The van der Waals surface area contributed by atoms with Crippen molar-refractivity contribution in [2.75, 3.05) is 14.1 Å². The van der Waals surface area contributed by atoms with Crippen molar-refractivity contribution in [3.63, 3.8) is 0 Å². The van der Waals surface area contributed by atoms with Crippen LogP contribution in [0.15, 0.2) is 89.6 Å². The minimum atomic E-state index is 1.15. The van der Waals surface area contributed by atoms with E-state index in [2.05, 4.69) is 83.7 Å². The van der Waals surface area contributed by atoms with Crippen LogP contribution in [0.5, 0.6) is 0 Å². The Morgan fingerprint density at radius 2 is 1.81 bits per heavy atom. The predicted octanol–water partition coefficient (Wildman–Crippen LogP) is 5.41. The Morgan fingerprint density at radius 1 is 0.962 bits per heavy atom. The molecule has 0 fully saturated rings. The van der Waals surface area contributed by atoms with Gasteiger partial charge in [0.25, 0.3) is 0 Å². The molecule has 2 nitrogen and oxygen atoms in total. The summed E-state index contributed by atoms with van der Waals surface area (Å²) < 4.78 is 2.17. The summed E-state index contributed by atoms with van der Waals surface area (Å²) in [6.45, 7) is 0. The highest BCUT2D eigenvalue weighted by Crippen LogP contribution is 2.45. The third kappa shape index (κ3) is 3.43. The van der Waals surface area contributed by atoms with E-state index in [1.54, 1.807) is 11.3 Å². The van der Waals surface area contributed by atoms with Gasteiger partial charge in [0.2, 0.25) is 5.71 Å². The van der Waals surface area contributed by atoms with Crippen LogP contribution in [0.4, 0.5) is 0 Å². The monoisotopic (exact) mass is 375 g/mol. The molecule has 2 aliphatic rings. The molecule has 0 N–H and O–H groups in total. The molecule has 3 heterocycles. The standard InChI is InChI=1S/C22H19N2S2/c1-24(2)19-9-4-3-8-18(19)17-13-21(16-7-5-11-23-15-16)26-22(14-17)20-10-6-12-25-20/h3-15H,1-2H3/q+1. The minimum absolute atomic E-state index is 1.15. The third-order valence-electron chi connectivity index (χ3n) is 4.20. The molecule has 1 aliphatic heterocycles. The molecule has 0 spiro atoms. The van der Waals surface area contributed by atoms with Crippen molar-refractivity contribution in [3.05, 3.63) is 100 Å². The van der Waals surface area contributed by atoms with Gasteiger partial charge in [-0.2, -0.15) is 0 Å². The van der Waals surface area contributed by atoms with Gasteiger partial charge in [-0.05, 0) is 41.3 Å². The van der Waals surface area contributed by atoms with E-state index in [4.69, 9.17) is 0 Å². The molecule has 2 aromatic rings. The Labute approximate surface area is 162 Å². The first-order chi connectivity index (χ1) is 12.7. The van der Waals surface area contributed by atoms with Crippen LogP contribution in [0.3, 0.4) is 0 Å². The summed E-state index contributed by atoms with van der Waals surface area (Å²) in [5.41, 5.74) is 4.85. The Bertz CT molecular complexity index is 998. The number of aromatic nitrogens is 1. The van der Waals surface area contributed by atoms with Crippen LogP contribution < -0.4 is 0 Å². The lowest BCUT2D eigenvalue weighted by Gasteiger charge is -2.18. The molecule has 26 heavy (non-hydrogen) atoms. The lowest BCUT2D eigenvalue weighted by molar-refractivity contribution is -0.463. The number of hydrogen-bond acceptors (Lipinski definition) is 3. The summed E-state index contributed by atoms with van der Waals surface area (Å²) in [6, 6.07) is 8.41. The smallest absolute Gasteiger partial charge is 0.207 e. The molecule has 0 bridgehead atoms. The van der Waals surface area contributed by atoms with Crippen molar-refractivity contribution in [1.29, 1.82) is 0 Å². The van der Waals surface area contributed by atoms with Crippen molar-refractivity contribution < 1.29 is 4.58 Å². The summed E-state index contributed by atoms with van der Waals surface area (Å²) in [6.07, 6.45) is 16.9. The third-order valence-corrected chi connectivity index (χ3v) is 6.36. The lowest BCUT2D eigenvalue weighted by atomic mass is 9.97. The topological polar surface area (TPSA) is 15.9 Å². The van der Waals surface area contributed by atoms with Gasteiger partial charge in [0.15, 0.2) is 0 Å².